The minimum absolute atomic E-state index is 0.143. The van der Waals surface area contributed by atoms with Gasteiger partial charge in [0, 0.05) is 25.0 Å². The Morgan fingerprint density at radius 2 is 1.74 bits per heavy atom. The zero-order valence-electron chi connectivity index (χ0n) is 17.8. The van der Waals surface area contributed by atoms with Gasteiger partial charge in [0.2, 0.25) is 0 Å². The number of aryl methyl sites for hydroxylation is 2. The second kappa shape index (κ2) is 9.55. The van der Waals surface area contributed by atoms with Crippen LogP contribution in [0, 0.1) is 0 Å². The molecule has 0 aliphatic rings. The first kappa shape index (κ1) is 20.8. The maximum Gasteiger partial charge on any atom is 0.274 e. The second-order valence-electron chi connectivity index (χ2n) is 7.67. The number of fused-ring (bicyclic) bond motifs is 2. The molecular weight excluding hydrogens is 390 g/mol. The molecule has 4 rings (SSSR count). The van der Waals surface area contributed by atoms with E-state index in [0.29, 0.717) is 29.6 Å². The Labute approximate surface area is 180 Å². The molecule has 2 heterocycles. The van der Waals surface area contributed by atoms with E-state index < -0.39 is 0 Å². The van der Waals surface area contributed by atoms with E-state index in [0.717, 1.165) is 43.3 Å². The molecule has 0 aliphatic heterocycles. The highest BCUT2D eigenvalue weighted by atomic mass is 16.2. The number of nitrogens with zero attached hydrogens (tertiary/aromatic N) is 4. The predicted octanol–water partition coefficient (Wildman–Crippen LogP) is 3.76. The summed E-state index contributed by atoms with van der Waals surface area (Å²) in [5.74, 6) is -0.254. The van der Waals surface area contributed by atoms with Crippen molar-refractivity contribution in [1.29, 1.82) is 0 Å². The molecule has 0 spiro atoms. The van der Waals surface area contributed by atoms with Crippen LogP contribution in [0.1, 0.15) is 43.1 Å². The van der Waals surface area contributed by atoms with Gasteiger partial charge in [-0.1, -0.05) is 50.1 Å². The van der Waals surface area contributed by atoms with Crippen molar-refractivity contribution in [2.75, 3.05) is 6.54 Å². The number of nitrogens with one attached hydrogen (secondary N) is 1. The maximum atomic E-state index is 12.9. The third-order valence-electron chi connectivity index (χ3n) is 5.44. The normalized spacial score (nSPS) is 11.3. The number of para-hydroxylation sites is 2. The molecule has 0 unspecified atom stereocenters. The second-order valence-corrected chi connectivity index (χ2v) is 7.67. The monoisotopic (exact) mass is 417 g/mol. The van der Waals surface area contributed by atoms with Crippen molar-refractivity contribution in [3.63, 3.8) is 0 Å². The zero-order valence-corrected chi connectivity index (χ0v) is 17.8. The van der Waals surface area contributed by atoms with Crippen molar-refractivity contribution >= 4 is 27.7 Å². The molecule has 31 heavy (non-hydrogen) atoms. The van der Waals surface area contributed by atoms with Crippen LogP contribution >= 0.6 is 0 Å². The van der Waals surface area contributed by atoms with Crippen LogP contribution < -0.4 is 10.9 Å². The molecule has 0 saturated carbocycles. The van der Waals surface area contributed by atoms with Gasteiger partial charge in [-0.25, -0.2) is 9.67 Å². The molecule has 1 amide bonds. The lowest BCUT2D eigenvalue weighted by Gasteiger charge is -2.11. The van der Waals surface area contributed by atoms with Crippen molar-refractivity contribution < 1.29 is 4.79 Å². The van der Waals surface area contributed by atoms with Gasteiger partial charge in [0.1, 0.15) is 0 Å². The summed E-state index contributed by atoms with van der Waals surface area (Å²) in [6.07, 6.45) is 5.53. The molecule has 7 nitrogen and oxygen atoms in total. The fourth-order valence-electron chi connectivity index (χ4n) is 3.79. The Kier molecular flexibility index (Phi) is 6.40. The van der Waals surface area contributed by atoms with E-state index in [1.165, 1.54) is 4.68 Å². The number of carbonyl (C=O) groups is 1. The molecule has 1 N–H and O–H groups in total. The summed E-state index contributed by atoms with van der Waals surface area (Å²) in [5, 5.41) is 8.51. The number of hydrogen-bond donors (Lipinski definition) is 1. The minimum Gasteiger partial charge on any atom is -0.351 e. The van der Waals surface area contributed by atoms with E-state index in [9.17, 15) is 9.59 Å². The molecule has 4 aromatic rings. The highest BCUT2D eigenvalue weighted by molar-refractivity contribution is 6.04. The van der Waals surface area contributed by atoms with Crippen molar-refractivity contribution in [1.82, 2.24) is 24.6 Å². The van der Waals surface area contributed by atoms with Crippen LogP contribution in [0.15, 0.2) is 59.7 Å². The Balaban J connectivity index is 1.46. The molecule has 2 aromatic carbocycles. The average molecular weight is 418 g/mol. The third kappa shape index (κ3) is 4.50. The van der Waals surface area contributed by atoms with Gasteiger partial charge in [-0.15, -0.1) is 0 Å². The quantitative estimate of drug-likeness (QED) is 0.421. The van der Waals surface area contributed by atoms with Crippen LogP contribution in [0.3, 0.4) is 0 Å². The number of imidazole rings is 1. The van der Waals surface area contributed by atoms with E-state index >= 15 is 0 Å². The highest BCUT2D eigenvalue weighted by Crippen LogP contribution is 2.14. The fraction of sp³-hybridized carbons (Fsp3) is 0.333. The summed E-state index contributed by atoms with van der Waals surface area (Å²) in [6.45, 7) is 3.90. The fourth-order valence-corrected chi connectivity index (χ4v) is 3.79. The van der Waals surface area contributed by atoms with Gasteiger partial charge in [-0.05, 0) is 31.0 Å². The van der Waals surface area contributed by atoms with Crippen LogP contribution in [0.2, 0.25) is 0 Å². The summed E-state index contributed by atoms with van der Waals surface area (Å²) in [4.78, 5) is 30.1. The van der Waals surface area contributed by atoms with Crippen molar-refractivity contribution in [2.45, 2.75) is 45.7 Å². The van der Waals surface area contributed by atoms with Crippen LogP contribution in [0.25, 0.3) is 21.8 Å². The first-order valence-electron chi connectivity index (χ1n) is 10.9. The van der Waals surface area contributed by atoms with Gasteiger partial charge in [0.05, 0.1) is 22.7 Å². The van der Waals surface area contributed by atoms with Crippen LogP contribution in [-0.4, -0.2) is 31.8 Å². The van der Waals surface area contributed by atoms with Crippen LogP contribution in [0.4, 0.5) is 0 Å². The molecular formula is C24H27N5O2. The summed E-state index contributed by atoms with van der Waals surface area (Å²) in [5.41, 5.74) is 2.21. The molecule has 7 heteroatoms. The highest BCUT2D eigenvalue weighted by Gasteiger charge is 2.16. The summed E-state index contributed by atoms with van der Waals surface area (Å²) < 4.78 is 3.52. The Morgan fingerprint density at radius 3 is 2.58 bits per heavy atom. The lowest BCUT2D eigenvalue weighted by atomic mass is 10.1. The third-order valence-corrected chi connectivity index (χ3v) is 5.44. The van der Waals surface area contributed by atoms with Crippen LogP contribution in [0.5, 0.6) is 0 Å². The number of carbonyl (C=O) groups excluding carboxylic acids is 1. The van der Waals surface area contributed by atoms with Gasteiger partial charge in [-0.3, -0.25) is 9.59 Å². The molecule has 2 aromatic heterocycles. The molecule has 0 radical (unpaired) electrons. The summed E-state index contributed by atoms with van der Waals surface area (Å²) in [6, 6.07) is 15.2. The number of unbranched alkanes of at least 4 members (excludes halogenated alkanes) is 2. The zero-order chi connectivity index (χ0) is 21.6. The smallest absolute Gasteiger partial charge is 0.274 e. The number of rotatable bonds is 9. The Morgan fingerprint density at radius 1 is 0.968 bits per heavy atom. The molecule has 0 saturated heterocycles. The number of benzene rings is 2. The van der Waals surface area contributed by atoms with E-state index in [4.69, 9.17) is 0 Å². The van der Waals surface area contributed by atoms with Crippen molar-refractivity contribution in [3.8, 4) is 0 Å². The maximum absolute atomic E-state index is 12.9. The SMILES string of the molecule is CCCCCn1nc(C(=O)NCCCn2cnc3ccccc32)c2ccccc2c1=O. The molecule has 0 bridgehead atoms. The first-order chi connectivity index (χ1) is 15.2. The van der Waals surface area contributed by atoms with Crippen molar-refractivity contribution in [3.05, 3.63) is 70.9 Å². The molecule has 0 atom stereocenters. The number of amides is 1. The predicted molar refractivity (Wildman–Crippen MR) is 122 cm³/mol. The van der Waals surface area contributed by atoms with Gasteiger partial charge < -0.3 is 9.88 Å². The van der Waals surface area contributed by atoms with Gasteiger partial charge in [0.15, 0.2) is 5.69 Å². The summed E-state index contributed by atoms with van der Waals surface area (Å²) >= 11 is 0. The van der Waals surface area contributed by atoms with Gasteiger partial charge >= 0.3 is 0 Å². The molecule has 0 aliphatic carbocycles. The Hall–Kier alpha value is -3.48. The minimum atomic E-state index is -0.254. The van der Waals surface area contributed by atoms with Gasteiger partial charge in [-0.2, -0.15) is 5.10 Å². The lowest BCUT2D eigenvalue weighted by Crippen LogP contribution is -2.31. The lowest BCUT2D eigenvalue weighted by molar-refractivity contribution is 0.0947. The Bertz CT molecular complexity index is 1260. The largest absolute Gasteiger partial charge is 0.351 e. The first-order valence-corrected chi connectivity index (χ1v) is 10.9. The average Bonchev–Trinajstić information content (AvgIpc) is 3.21. The number of aromatic nitrogens is 4. The van der Waals surface area contributed by atoms with E-state index in [2.05, 4.69) is 26.9 Å². The summed E-state index contributed by atoms with van der Waals surface area (Å²) in [7, 11) is 0. The van der Waals surface area contributed by atoms with E-state index in [-0.39, 0.29) is 11.5 Å². The van der Waals surface area contributed by atoms with Crippen molar-refractivity contribution in [2.24, 2.45) is 0 Å². The molecule has 160 valence electrons. The van der Waals surface area contributed by atoms with Crippen LogP contribution in [-0.2, 0) is 13.1 Å². The topological polar surface area (TPSA) is 81.8 Å². The van der Waals surface area contributed by atoms with E-state index in [1.54, 1.807) is 12.1 Å². The number of hydrogen-bond acceptors (Lipinski definition) is 4. The van der Waals surface area contributed by atoms with Gasteiger partial charge in [0.25, 0.3) is 11.5 Å². The molecule has 0 fully saturated rings. The standard InChI is InChI=1S/C24H27N5O2/c1-2-3-8-16-29-24(31)19-11-5-4-10-18(19)22(27-29)23(30)25-14-9-15-28-17-26-20-12-6-7-13-21(20)28/h4-7,10-13,17H,2-3,8-9,14-16H2,1H3,(H,25,30). The van der Waals surface area contributed by atoms with E-state index in [1.807, 2.05) is 42.7 Å².